The molecule has 1 fully saturated rings. The highest BCUT2D eigenvalue weighted by Gasteiger charge is 2.68. The molecule has 5 rings (SSSR count). The summed E-state index contributed by atoms with van der Waals surface area (Å²) >= 11 is 1.43. The molecule has 7 N–H and O–H groups in total. The summed E-state index contributed by atoms with van der Waals surface area (Å²) < 4.78 is 0. The van der Waals surface area contributed by atoms with Gasteiger partial charge in [0.25, 0.3) is 5.91 Å². The highest BCUT2D eigenvalue weighted by molar-refractivity contribution is 7.99. The van der Waals surface area contributed by atoms with E-state index < -0.39 is 75.6 Å². The molecular weight excluding hydrogens is 524 g/mol. The van der Waals surface area contributed by atoms with E-state index in [1.165, 1.54) is 36.8 Å². The molecule has 0 aliphatic heterocycles. The van der Waals surface area contributed by atoms with Crippen molar-refractivity contribution in [3.05, 3.63) is 76.6 Å². The Labute approximate surface area is 228 Å². The lowest BCUT2D eigenvalue weighted by Crippen LogP contribution is -2.70. The van der Waals surface area contributed by atoms with E-state index in [0.717, 1.165) is 4.90 Å². The van der Waals surface area contributed by atoms with E-state index in [2.05, 4.69) is 0 Å². The summed E-state index contributed by atoms with van der Waals surface area (Å²) in [7, 11) is 2.95. The Kier molecular flexibility index (Phi) is 6.58. The SMILES string of the molecule is CN(C)[C@@H]1C(=O)C(C(N)=O)=C(O)[C@@]2(O)C(=O)C3=C(O)c4c(O)cccc4C(CSc4ccccc4)[C@H]3[C@H](O)[C@@H]12. The van der Waals surface area contributed by atoms with Gasteiger partial charge in [-0.15, -0.1) is 11.8 Å². The minimum absolute atomic E-state index is 0.0281. The molecule has 0 spiro atoms. The molecule has 0 heterocycles. The molecular formula is C28H28N2O8S. The van der Waals surface area contributed by atoms with Gasteiger partial charge in [0.15, 0.2) is 11.4 Å². The van der Waals surface area contributed by atoms with Gasteiger partial charge in [-0.25, -0.2) is 0 Å². The second-order valence-corrected chi connectivity index (χ2v) is 11.3. The number of nitrogens with two attached hydrogens (primary N) is 1. The largest absolute Gasteiger partial charge is 0.508 e. The number of benzene rings is 2. The van der Waals surface area contributed by atoms with Crippen LogP contribution in [-0.4, -0.2) is 85.5 Å². The highest BCUT2D eigenvalue weighted by Crippen LogP contribution is 2.56. The number of hydrogen-bond acceptors (Lipinski definition) is 10. The number of fused-ring (bicyclic) bond motifs is 3. The number of primary amides is 1. The van der Waals surface area contributed by atoms with E-state index in [1.54, 1.807) is 12.1 Å². The summed E-state index contributed by atoms with van der Waals surface area (Å²) in [5.74, 6) is -8.77. The number of carbonyl (C=O) groups excluding carboxylic acids is 3. The van der Waals surface area contributed by atoms with E-state index >= 15 is 0 Å². The summed E-state index contributed by atoms with van der Waals surface area (Å²) in [4.78, 5) is 41.9. The Morgan fingerprint density at radius 3 is 2.33 bits per heavy atom. The van der Waals surface area contributed by atoms with Crippen LogP contribution in [0, 0.1) is 11.8 Å². The second kappa shape index (κ2) is 9.53. The van der Waals surface area contributed by atoms with Crippen molar-refractivity contribution in [2.24, 2.45) is 17.6 Å². The van der Waals surface area contributed by atoms with Crippen molar-refractivity contribution in [3.8, 4) is 5.75 Å². The molecule has 204 valence electrons. The lowest BCUT2D eigenvalue weighted by molar-refractivity contribution is -0.169. The van der Waals surface area contributed by atoms with Crippen LogP contribution in [0.2, 0.25) is 0 Å². The summed E-state index contributed by atoms with van der Waals surface area (Å²) in [6.45, 7) is 0. The van der Waals surface area contributed by atoms with Gasteiger partial charge in [-0.05, 0) is 37.9 Å². The first kappa shape index (κ1) is 26.9. The molecule has 0 saturated heterocycles. The smallest absolute Gasteiger partial charge is 0.255 e. The third-order valence-corrected chi connectivity index (χ3v) is 9.10. The number of likely N-dealkylation sites (N-methyl/N-ethyl adjacent to an activating group) is 1. The van der Waals surface area contributed by atoms with Crippen LogP contribution in [0.3, 0.4) is 0 Å². The van der Waals surface area contributed by atoms with Crippen molar-refractivity contribution in [2.75, 3.05) is 19.8 Å². The van der Waals surface area contributed by atoms with Gasteiger partial charge < -0.3 is 31.3 Å². The maximum absolute atomic E-state index is 14.1. The molecule has 10 nitrogen and oxygen atoms in total. The minimum atomic E-state index is -2.94. The number of hydrogen-bond donors (Lipinski definition) is 6. The summed E-state index contributed by atoms with van der Waals surface area (Å²) in [6.07, 6.45) is -1.64. The highest BCUT2D eigenvalue weighted by atomic mass is 32.2. The fourth-order valence-corrected chi connectivity index (χ4v) is 7.40. The maximum Gasteiger partial charge on any atom is 0.255 e. The van der Waals surface area contributed by atoms with E-state index in [4.69, 9.17) is 5.73 Å². The Morgan fingerprint density at radius 1 is 1.05 bits per heavy atom. The average Bonchev–Trinajstić information content (AvgIpc) is 2.88. The van der Waals surface area contributed by atoms with Gasteiger partial charge in [0, 0.05) is 28.1 Å². The molecule has 1 amide bonds. The molecule has 11 heteroatoms. The van der Waals surface area contributed by atoms with Crippen molar-refractivity contribution in [2.45, 2.75) is 28.6 Å². The molecule has 0 radical (unpaired) electrons. The van der Waals surface area contributed by atoms with E-state index in [0.29, 0.717) is 11.3 Å². The fourth-order valence-electron chi connectivity index (χ4n) is 6.30. The zero-order chi connectivity index (χ0) is 28.4. The Balaban J connectivity index is 1.75. The second-order valence-electron chi connectivity index (χ2n) is 10.2. The van der Waals surface area contributed by atoms with Gasteiger partial charge in [0.2, 0.25) is 5.78 Å². The van der Waals surface area contributed by atoms with E-state index in [1.807, 2.05) is 30.3 Å². The van der Waals surface area contributed by atoms with Crippen LogP contribution in [-0.2, 0) is 14.4 Å². The molecule has 3 aliphatic rings. The number of aliphatic hydroxyl groups excluding tert-OH is 3. The molecule has 1 saturated carbocycles. The first-order chi connectivity index (χ1) is 18.4. The molecule has 0 bridgehead atoms. The first-order valence-electron chi connectivity index (χ1n) is 12.3. The van der Waals surface area contributed by atoms with Crippen LogP contribution in [0.1, 0.15) is 17.0 Å². The molecule has 1 unspecified atom stereocenters. The van der Waals surface area contributed by atoms with Gasteiger partial charge in [-0.2, -0.15) is 0 Å². The summed E-state index contributed by atoms with van der Waals surface area (Å²) in [5, 5.41) is 56.7. The van der Waals surface area contributed by atoms with Gasteiger partial charge in [0.1, 0.15) is 22.8 Å². The molecule has 0 aromatic heterocycles. The number of thioether (sulfide) groups is 1. The lowest BCUT2D eigenvalue weighted by atomic mass is 9.54. The van der Waals surface area contributed by atoms with Gasteiger partial charge in [-0.3, -0.25) is 19.3 Å². The third-order valence-electron chi connectivity index (χ3n) is 7.97. The molecule has 39 heavy (non-hydrogen) atoms. The normalized spacial score (nSPS) is 30.2. The van der Waals surface area contributed by atoms with Crippen molar-refractivity contribution < 1.29 is 39.9 Å². The predicted molar refractivity (Wildman–Crippen MR) is 142 cm³/mol. The fraction of sp³-hybridized carbons (Fsp3) is 0.321. The number of amides is 1. The number of carbonyl (C=O) groups is 3. The van der Waals surface area contributed by atoms with Crippen LogP contribution in [0.5, 0.6) is 5.75 Å². The topological polar surface area (TPSA) is 182 Å². The molecule has 2 aromatic carbocycles. The maximum atomic E-state index is 14.1. The van der Waals surface area contributed by atoms with Crippen LogP contribution in [0.4, 0.5) is 0 Å². The number of aliphatic hydroxyl groups is 4. The minimum Gasteiger partial charge on any atom is -0.508 e. The van der Waals surface area contributed by atoms with E-state index in [9.17, 15) is 39.9 Å². The van der Waals surface area contributed by atoms with Crippen LogP contribution in [0.15, 0.2) is 70.3 Å². The Hall–Kier alpha value is -3.64. The third kappa shape index (κ3) is 3.80. The van der Waals surface area contributed by atoms with Gasteiger partial charge in [0.05, 0.1) is 23.6 Å². The number of rotatable bonds is 5. The molecule has 2 aromatic rings. The number of Topliss-reactive ketones (excluding diaryl/α,β-unsaturated/α-hetero) is 2. The van der Waals surface area contributed by atoms with Crippen molar-refractivity contribution >= 4 is 35.0 Å². The van der Waals surface area contributed by atoms with Crippen molar-refractivity contribution in [1.29, 1.82) is 0 Å². The molecule has 6 atom stereocenters. The number of phenolic OH excluding ortho intramolecular Hbond substituents is 1. The monoisotopic (exact) mass is 552 g/mol. The van der Waals surface area contributed by atoms with E-state index in [-0.39, 0.29) is 11.3 Å². The standard InChI is InChI=1S/C28H28N2O8S/c1-30(2)21-20-23(33)17-14(11-39-12-7-4-3-5-8-12)13-9-6-10-15(31)16(13)22(32)18(17)25(35)28(20,38)26(36)19(24(21)34)27(29)37/h3-10,14,17,20-21,23,31-33,36,38H,11H2,1-2H3,(H2,29,37)/t14?,17-,20-,21+,23+,28+/m1/s1. The summed E-state index contributed by atoms with van der Waals surface area (Å²) in [5.41, 5.74) is 1.51. The quantitative estimate of drug-likeness (QED) is 0.233. The van der Waals surface area contributed by atoms with Crippen molar-refractivity contribution in [3.63, 3.8) is 0 Å². The predicted octanol–water partition coefficient (Wildman–Crippen LogP) is 1.27. The zero-order valence-electron chi connectivity index (χ0n) is 21.1. The number of aromatic hydroxyl groups is 1. The molecule has 3 aliphatic carbocycles. The Bertz CT molecular complexity index is 1450. The van der Waals surface area contributed by atoms with Crippen LogP contribution >= 0.6 is 11.8 Å². The van der Waals surface area contributed by atoms with Crippen molar-refractivity contribution in [1.82, 2.24) is 4.90 Å². The van der Waals surface area contributed by atoms with Gasteiger partial charge >= 0.3 is 0 Å². The zero-order valence-corrected chi connectivity index (χ0v) is 21.9. The summed E-state index contributed by atoms with van der Waals surface area (Å²) in [6, 6.07) is 12.6. The lowest BCUT2D eigenvalue weighted by Gasteiger charge is -2.54. The number of ketones is 2. The van der Waals surface area contributed by atoms with Crippen LogP contribution in [0.25, 0.3) is 5.76 Å². The van der Waals surface area contributed by atoms with Crippen LogP contribution < -0.4 is 5.73 Å². The Morgan fingerprint density at radius 2 is 1.72 bits per heavy atom. The number of nitrogens with zero attached hydrogens (tertiary/aromatic N) is 1. The first-order valence-corrected chi connectivity index (χ1v) is 13.2. The average molecular weight is 553 g/mol. The number of phenols is 1. The van der Waals surface area contributed by atoms with Gasteiger partial charge in [-0.1, -0.05) is 30.3 Å².